The summed E-state index contributed by atoms with van der Waals surface area (Å²) in [5.74, 6) is 1.27. The molecule has 104 valence electrons. The van der Waals surface area contributed by atoms with Gasteiger partial charge < -0.3 is 20.3 Å². The van der Waals surface area contributed by atoms with Crippen molar-refractivity contribution >= 4 is 17.4 Å². The van der Waals surface area contributed by atoms with Crippen molar-refractivity contribution < 1.29 is 9.53 Å². The number of aromatic nitrogens is 1. The highest BCUT2D eigenvalue weighted by molar-refractivity contribution is 5.73. The van der Waals surface area contributed by atoms with Gasteiger partial charge in [0.05, 0.1) is 12.8 Å². The molecule has 2 heterocycles. The summed E-state index contributed by atoms with van der Waals surface area (Å²) in [6.45, 7) is 2.45. The molecule has 6 nitrogen and oxygen atoms in total. The first-order valence-electron chi connectivity index (χ1n) is 6.35. The summed E-state index contributed by atoms with van der Waals surface area (Å²) in [4.78, 5) is 19.8. The molecular weight excluding hydrogens is 244 g/mol. The molecule has 1 aliphatic rings. The Labute approximate surface area is 113 Å². The Kier molecular flexibility index (Phi) is 3.78. The molecule has 1 fully saturated rings. The zero-order valence-electron chi connectivity index (χ0n) is 11.6. The number of hydrogen-bond donors (Lipinski definition) is 1. The van der Waals surface area contributed by atoms with Gasteiger partial charge in [-0.15, -0.1) is 0 Å². The zero-order valence-corrected chi connectivity index (χ0v) is 11.6. The summed E-state index contributed by atoms with van der Waals surface area (Å²) in [5.41, 5.74) is 6.29. The van der Waals surface area contributed by atoms with Gasteiger partial charge in [0.15, 0.2) is 0 Å². The molecular formula is C13H20N4O2. The standard InChI is InChI=1S/C13H20N4O2/c1-9(18)16(2)12-5-4-8-17(12)11-7-6-10(14)13(15-11)19-3/h6-7,12H,4-5,8,14H2,1-3H3. The summed E-state index contributed by atoms with van der Waals surface area (Å²) in [5, 5.41) is 0. The third-order valence-electron chi connectivity index (χ3n) is 3.53. The molecule has 1 atom stereocenters. The Balaban J connectivity index is 2.27. The van der Waals surface area contributed by atoms with E-state index in [2.05, 4.69) is 9.88 Å². The van der Waals surface area contributed by atoms with Crippen molar-refractivity contribution in [1.82, 2.24) is 9.88 Å². The van der Waals surface area contributed by atoms with E-state index in [0.29, 0.717) is 11.6 Å². The minimum absolute atomic E-state index is 0.0540. The van der Waals surface area contributed by atoms with Crippen LogP contribution in [0.25, 0.3) is 0 Å². The van der Waals surface area contributed by atoms with Gasteiger partial charge in [-0.05, 0) is 25.0 Å². The lowest BCUT2D eigenvalue weighted by molar-refractivity contribution is -0.129. The molecule has 0 saturated carbocycles. The van der Waals surface area contributed by atoms with Crippen LogP contribution in [0.3, 0.4) is 0 Å². The maximum atomic E-state index is 11.5. The summed E-state index contributed by atoms with van der Waals surface area (Å²) >= 11 is 0. The van der Waals surface area contributed by atoms with Crippen molar-refractivity contribution in [2.24, 2.45) is 0 Å². The van der Waals surface area contributed by atoms with Crippen molar-refractivity contribution in [2.45, 2.75) is 25.9 Å². The number of nitrogen functional groups attached to an aromatic ring is 1. The molecule has 1 unspecified atom stereocenters. The van der Waals surface area contributed by atoms with Gasteiger partial charge >= 0.3 is 0 Å². The summed E-state index contributed by atoms with van der Waals surface area (Å²) in [7, 11) is 3.37. The maximum absolute atomic E-state index is 11.5. The number of hydrogen-bond acceptors (Lipinski definition) is 5. The molecule has 0 aliphatic carbocycles. The van der Waals surface area contributed by atoms with Crippen LogP contribution in [-0.4, -0.2) is 42.7 Å². The molecule has 2 N–H and O–H groups in total. The molecule has 19 heavy (non-hydrogen) atoms. The van der Waals surface area contributed by atoms with E-state index in [1.54, 1.807) is 25.0 Å². The molecule has 1 saturated heterocycles. The number of pyridine rings is 1. The van der Waals surface area contributed by atoms with Crippen molar-refractivity contribution in [3.63, 3.8) is 0 Å². The van der Waals surface area contributed by atoms with Crippen LogP contribution in [-0.2, 0) is 4.79 Å². The van der Waals surface area contributed by atoms with E-state index in [-0.39, 0.29) is 12.1 Å². The van der Waals surface area contributed by atoms with Crippen LogP contribution >= 0.6 is 0 Å². The third kappa shape index (κ3) is 2.57. The number of methoxy groups -OCH3 is 1. The summed E-state index contributed by atoms with van der Waals surface area (Å²) in [6, 6.07) is 3.65. The molecule has 0 spiro atoms. The van der Waals surface area contributed by atoms with E-state index < -0.39 is 0 Å². The molecule has 2 rings (SSSR count). The van der Waals surface area contributed by atoms with E-state index >= 15 is 0 Å². The van der Waals surface area contributed by atoms with Gasteiger partial charge in [0, 0.05) is 20.5 Å². The number of nitrogens with two attached hydrogens (primary N) is 1. The number of nitrogens with zero attached hydrogens (tertiary/aromatic N) is 3. The van der Waals surface area contributed by atoms with Gasteiger partial charge in [0.2, 0.25) is 11.8 Å². The SMILES string of the molecule is COc1nc(N2CCCC2N(C)C(C)=O)ccc1N. The van der Waals surface area contributed by atoms with Crippen LogP contribution in [0.4, 0.5) is 11.5 Å². The van der Waals surface area contributed by atoms with Crippen LogP contribution in [0.2, 0.25) is 0 Å². The van der Waals surface area contributed by atoms with Crippen molar-refractivity contribution in [3.05, 3.63) is 12.1 Å². The number of ether oxygens (including phenoxy) is 1. The average Bonchev–Trinajstić information content (AvgIpc) is 2.87. The summed E-state index contributed by atoms with van der Waals surface area (Å²) < 4.78 is 5.15. The molecule has 0 bridgehead atoms. The van der Waals surface area contributed by atoms with Crippen LogP contribution in [0.5, 0.6) is 5.88 Å². The number of rotatable bonds is 3. The van der Waals surface area contributed by atoms with Crippen LogP contribution in [0.15, 0.2) is 12.1 Å². The minimum atomic E-state index is 0.0540. The van der Waals surface area contributed by atoms with Crippen LogP contribution < -0.4 is 15.4 Å². The minimum Gasteiger partial charge on any atom is -0.479 e. The van der Waals surface area contributed by atoms with Crippen LogP contribution in [0.1, 0.15) is 19.8 Å². The Morgan fingerprint density at radius 2 is 2.32 bits per heavy atom. The lowest BCUT2D eigenvalue weighted by Gasteiger charge is -2.32. The van der Waals surface area contributed by atoms with Gasteiger partial charge in [0.1, 0.15) is 12.0 Å². The number of carbonyl (C=O) groups is 1. The maximum Gasteiger partial charge on any atom is 0.238 e. The van der Waals surface area contributed by atoms with Gasteiger partial charge in [-0.2, -0.15) is 4.98 Å². The van der Waals surface area contributed by atoms with Gasteiger partial charge in [0.25, 0.3) is 0 Å². The molecule has 1 aliphatic heterocycles. The first-order valence-corrected chi connectivity index (χ1v) is 6.35. The number of anilines is 2. The van der Waals surface area contributed by atoms with Crippen LogP contribution in [0, 0.1) is 0 Å². The number of carbonyl (C=O) groups excluding carboxylic acids is 1. The van der Waals surface area contributed by atoms with E-state index in [1.807, 2.05) is 13.1 Å². The lowest BCUT2D eigenvalue weighted by atomic mass is 10.3. The zero-order chi connectivity index (χ0) is 14.0. The second-order valence-electron chi connectivity index (χ2n) is 4.71. The average molecular weight is 264 g/mol. The molecule has 1 aromatic heterocycles. The third-order valence-corrected chi connectivity index (χ3v) is 3.53. The molecule has 0 aromatic carbocycles. The quantitative estimate of drug-likeness (QED) is 0.884. The Bertz CT molecular complexity index is 478. The van der Waals surface area contributed by atoms with E-state index in [1.165, 1.54) is 0 Å². The lowest BCUT2D eigenvalue weighted by Crippen LogP contribution is -2.45. The monoisotopic (exact) mass is 264 g/mol. The highest BCUT2D eigenvalue weighted by Gasteiger charge is 2.30. The molecule has 1 amide bonds. The second-order valence-corrected chi connectivity index (χ2v) is 4.71. The normalized spacial score (nSPS) is 18.5. The predicted octanol–water partition coefficient (Wildman–Crippen LogP) is 1.08. The second kappa shape index (κ2) is 5.34. The predicted molar refractivity (Wildman–Crippen MR) is 74.0 cm³/mol. The molecule has 6 heteroatoms. The highest BCUT2D eigenvalue weighted by Crippen LogP contribution is 2.29. The first-order chi connectivity index (χ1) is 9.04. The largest absolute Gasteiger partial charge is 0.479 e. The molecule has 1 aromatic rings. The Morgan fingerprint density at radius 1 is 1.58 bits per heavy atom. The highest BCUT2D eigenvalue weighted by atomic mass is 16.5. The first kappa shape index (κ1) is 13.5. The fourth-order valence-electron chi connectivity index (χ4n) is 2.39. The van der Waals surface area contributed by atoms with Gasteiger partial charge in [-0.1, -0.05) is 0 Å². The van der Waals surface area contributed by atoms with Gasteiger partial charge in [-0.3, -0.25) is 4.79 Å². The van der Waals surface area contributed by atoms with E-state index in [9.17, 15) is 4.79 Å². The van der Waals surface area contributed by atoms with Crippen molar-refractivity contribution in [2.75, 3.05) is 31.3 Å². The molecule has 0 radical (unpaired) electrons. The Morgan fingerprint density at radius 3 is 2.95 bits per heavy atom. The Hall–Kier alpha value is -1.98. The summed E-state index contributed by atoms with van der Waals surface area (Å²) in [6.07, 6.45) is 2.04. The fraction of sp³-hybridized carbons (Fsp3) is 0.538. The van der Waals surface area contributed by atoms with Gasteiger partial charge in [-0.25, -0.2) is 0 Å². The topological polar surface area (TPSA) is 71.7 Å². The van der Waals surface area contributed by atoms with Crippen molar-refractivity contribution in [3.8, 4) is 5.88 Å². The fourth-order valence-corrected chi connectivity index (χ4v) is 2.39. The van der Waals surface area contributed by atoms with E-state index in [4.69, 9.17) is 10.5 Å². The van der Waals surface area contributed by atoms with E-state index in [0.717, 1.165) is 25.2 Å². The van der Waals surface area contributed by atoms with Crippen molar-refractivity contribution in [1.29, 1.82) is 0 Å². The number of amides is 1. The smallest absolute Gasteiger partial charge is 0.238 e.